The molecule has 0 aliphatic carbocycles. The number of nitrogens with one attached hydrogen (secondary N) is 1. The Bertz CT molecular complexity index is 1030. The number of benzene rings is 2. The summed E-state index contributed by atoms with van der Waals surface area (Å²) < 4.78 is 15.9. The predicted octanol–water partition coefficient (Wildman–Crippen LogP) is 3.48. The largest absolute Gasteiger partial charge is 0.478 e. The zero-order valence-corrected chi connectivity index (χ0v) is 14.7. The SMILES string of the molecule is O=C1CS[C@@H](c2ccccc2F)c2cnn(-c3ccc(C(=O)O)cc3)c2N1. The summed E-state index contributed by atoms with van der Waals surface area (Å²) >= 11 is 1.33. The van der Waals surface area contributed by atoms with Gasteiger partial charge in [0.1, 0.15) is 11.6 Å². The molecule has 3 aromatic rings. The molecule has 2 N–H and O–H groups in total. The molecule has 2 aromatic carbocycles. The van der Waals surface area contributed by atoms with Crippen molar-refractivity contribution in [2.75, 3.05) is 11.1 Å². The molecule has 1 amide bonds. The average Bonchev–Trinajstić information content (AvgIpc) is 2.99. The van der Waals surface area contributed by atoms with Gasteiger partial charge in [0, 0.05) is 11.1 Å². The summed E-state index contributed by atoms with van der Waals surface area (Å²) in [6.45, 7) is 0. The highest BCUT2D eigenvalue weighted by atomic mass is 32.2. The maximum atomic E-state index is 14.3. The summed E-state index contributed by atoms with van der Waals surface area (Å²) in [5.74, 6) is -0.921. The molecule has 0 saturated carbocycles. The van der Waals surface area contributed by atoms with E-state index in [0.717, 1.165) is 0 Å². The third-order valence-electron chi connectivity index (χ3n) is 4.27. The van der Waals surface area contributed by atoms with E-state index in [4.69, 9.17) is 5.11 Å². The van der Waals surface area contributed by atoms with Crippen molar-refractivity contribution >= 4 is 29.5 Å². The summed E-state index contributed by atoms with van der Waals surface area (Å²) in [7, 11) is 0. The third-order valence-corrected chi connectivity index (χ3v) is 5.54. The Morgan fingerprint density at radius 2 is 1.93 bits per heavy atom. The van der Waals surface area contributed by atoms with E-state index >= 15 is 0 Å². The molecule has 27 heavy (non-hydrogen) atoms. The molecule has 1 atom stereocenters. The lowest BCUT2D eigenvalue weighted by Crippen LogP contribution is -2.15. The van der Waals surface area contributed by atoms with Crippen molar-refractivity contribution in [1.29, 1.82) is 0 Å². The lowest BCUT2D eigenvalue weighted by molar-refractivity contribution is -0.113. The van der Waals surface area contributed by atoms with Crippen LogP contribution in [0, 0.1) is 5.82 Å². The molecule has 1 aliphatic heterocycles. The number of carboxylic acid groups (broad SMARTS) is 1. The normalized spacial score (nSPS) is 16.3. The molecule has 8 heteroatoms. The summed E-state index contributed by atoms with van der Waals surface area (Å²) in [4.78, 5) is 23.2. The number of fused-ring (bicyclic) bond motifs is 1. The van der Waals surface area contributed by atoms with E-state index in [-0.39, 0.29) is 28.3 Å². The summed E-state index contributed by atoms with van der Waals surface area (Å²) in [5, 5.41) is 15.8. The van der Waals surface area contributed by atoms with Crippen LogP contribution >= 0.6 is 11.8 Å². The average molecular weight is 383 g/mol. The minimum Gasteiger partial charge on any atom is -0.478 e. The summed E-state index contributed by atoms with van der Waals surface area (Å²) in [6, 6.07) is 12.6. The highest BCUT2D eigenvalue weighted by Crippen LogP contribution is 2.42. The van der Waals surface area contributed by atoms with E-state index in [1.165, 1.54) is 34.6 Å². The van der Waals surface area contributed by atoms with Gasteiger partial charge in [0.15, 0.2) is 0 Å². The fourth-order valence-electron chi connectivity index (χ4n) is 2.98. The highest BCUT2D eigenvalue weighted by Gasteiger charge is 2.29. The molecular formula is C19H14FN3O3S. The van der Waals surface area contributed by atoms with Crippen LogP contribution in [0.2, 0.25) is 0 Å². The number of thioether (sulfide) groups is 1. The zero-order valence-electron chi connectivity index (χ0n) is 13.9. The van der Waals surface area contributed by atoms with Crippen LogP contribution < -0.4 is 5.32 Å². The van der Waals surface area contributed by atoms with Gasteiger partial charge in [0.05, 0.1) is 28.5 Å². The van der Waals surface area contributed by atoms with Gasteiger partial charge in [-0.05, 0) is 30.3 Å². The second kappa shape index (κ2) is 6.88. The van der Waals surface area contributed by atoms with Crippen LogP contribution in [-0.2, 0) is 4.79 Å². The Balaban J connectivity index is 1.81. The van der Waals surface area contributed by atoms with Crippen molar-refractivity contribution in [1.82, 2.24) is 9.78 Å². The van der Waals surface area contributed by atoms with Crippen LogP contribution in [0.3, 0.4) is 0 Å². The van der Waals surface area contributed by atoms with Crippen molar-refractivity contribution in [3.63, 3.8) is 0 Å². The Hall–Kier alpha value is -3.13. The molecule has 4 rings (SSSR count). The first-order valence-corrected chi connectivity index (χ1v) is 9.17. The van der Waals surface area contributed by atoms with Gasteiger partial charge in [-0.2, -0.15) is 5.10 Å². The summed E-state index contributed by atoms with van der Waals surface area (Å²) in [5.41, 5.74) is 1.93. The number of nitrogens with zero attached hydrogens (tertiary/aromatic N) is 2. The van der Waals surface area contributed by atoms with Crippen LogP contribution in [0.1, 0.15) is 26.7 Å². The molecule has 136 valence electrons. The van der Waals surface area contributed by atoms with Crippen molar-refractivity contribution in [2.45, 2.75) is 5.25 Å². The lowest BCUT2D eigenvalue weighted by atomic mass is 10.1. The standard InChI is InChI=1S/C19H14FN3O3S/c20-15-4-2-1-3-13(15)17-14-9-21-23(18(14)22-16(24)10-27-17)12-7-5-11(6-8-12)19(25)26/h1-9,17H,10H2,(H,22,24)(H,25,26)/t17-/m0/s1. The lowest BCUT2D eigenvalue weighted by Gasteiger charge is -2.15. The van der Waals surface area contributed by atoms with Crippen molar-refractivity contribution in [3.05, 3.63) is 77.2 Å². The van der Waals surface area contributed by atoms with E-state index in [1.807, 2.05) is 0 Å². The second-order valence-electron chi connectivity index (χ2n) is 5.97. The number of carbonyl (C=O) groups excluding carboxylic acids is 1. The molecule has 2 heterocycles. The minimum absolute atomic E-state index is 0.154. The number of amides is 1. The van der Waals surface area contributed by atoms with Crippen molar-refractivity contribution in [2.24, 2.45) is 0 Å². The molecule has 1 aromatic heterocycles. The number of hydrogen-bond donors (Lipinski definition) is 2. The van der Waals surface area contributed by atoms with Crippen LogP contribution in [0.15, 0.2) is 54.7 Å². The maximum absolute atomic E-state index is 14.3. The smallest absolute Gasteiger partial charge is 0.335 e. The first-order valence-electron chi connectivity index (χ1n) is 8.12. The maximum Gasteiger partial charge on any atom is 0.335 e. The highest BCUT2D eigenvalue weighted by molar-refractivity contribution is 8.00. The van der Waals surface area contributed by atoms with Crippen LogP contribution in [0.4, 0.5) is 10.2 Å². The van der Waals surface area contributed by atoms with E-state index in [1.54, 1.807) is 36.5 Å². The van der Waals surface area contributed by atoms with Gasteiger partial charge >= 0.3 is 5.97 Å². The van der Waals surface area contributed by atoms with Gasteiger partial charge < -0.3 is 10.4 Å². The first-order chi connectivity index (χ1) is 13.0. The van der Waals surface area contributed by atoms with Crippen LogP contribution in [0.5, 0.6) is 0 Å². The molecule has 0 fully saturated rings. The molecule has 0 radical (unpaired) electrons. The van der Waals surface area contributed by atoms with Crippen LogP contribution in [-0.4, -0.2) is 32.5 Å². The first kappa shape index (κ1) is 17.3. The third kappa shape index (κ3) is 3.19. The van der Waals surface area contributed by atoms with E-state index in [2.05, 4.69) is 10.4 Å². The molecule has 0 spiro atoms. The van der Waals surface area contributed by atoms with Gasteiger partial charge in [-0.25, -0.2) is 13.9 Å². The van der Waals surface area contributed by atoms with Gasteiger partial charge in [-0.15, -0.1) is 11.8 Å². The van der Waals surface area contributed by atoms with Gasteiger partial charge in [-0.1, -0.05) is 18.2 Å². The van der Waals surface area contributed by atoms with Crippen molar-refractivity contribution < 1.29 is 19.1 Å². The number of hydrogen-bond acceptors (Lipinski definition) is 4. The number of aromatic carboxylic acids is 1. The molecule has 6 nitrogen and oxygen atoms in total. The number of aromatic nitrogens is 2. The fourth-order valence-corrected chi connectivity index (χ4v) is 4.09. The van der Waals surface area contributed by atoms with E-state index in [0.29, 0.717) is 22.6 Å². The Morgan fingerprint density at radius 1 is 1.19 bits per heavy atom. The fraction of sp³-hybridized carbons (Fsp3) is 0.105. The molecule has 0 bridgehead atoms. The topological polar surface area (TPSA) is 84.2 Å². The van der Waals surface area contributed by atoms with E-state index in [9.17, 15) is 14.0 Å². The molecule has 0 unspecified atom stereocenters. The monoisotopic (exact) mass is 383 g/mol. The number of anilines is 1. The van der Waals surface area contributed by atoms with E-state index < -0.39 is 5.97 Å². The van der Waals surface area contributed by atoms with Gasteiger partial charge in [0.25, 0.3) is 0 Å². The Kier molecular flexibility index (Phi) is 4.41. The molecule has 0 saturated heterocycles. The van der Waals surface area contributed by atoms with Crippen molar-refractivity contribution in [3.8, 4) is 5.69 Å². The summed E-state index contributed by atoms with van der Waals surface area (Å²) in [6.07, 6.45) is 1.61. The quantitative estimate of drug-likeness (QED) is 0.723. The number of halogens is 1. The number of rotatable bonds is 3. The Labute approximate surface area is 158 Å². The minimum atomic E-state index is -1.02. The zero-order chi connectivity index (χ0) is 19.0. The number of carbonyl (C=O) groups is 2. The molecular weight excluding hydrogens is 369 g/mol. The van der Waals surface area contributed by atoms with Crippen LogP contribution in [0.25, 0.3) is 5.69 Å². The molecule has 1 aliphatic rings. The Morgan fingerprint density at radius 3 is 2.63 bits per heavy atom. The second-order valence-corrected chi connectivity index (χ2v) is 7.07. The van der Waals surface area contributed by atoms with Gasteiger partial charge in [0.2, 0.25) is 5.91 Å². The predicted molar refractivity (Wildman–Crippen MR) is 99.9 cm³/mol. The number of carboxylic acids is 1. The van der Waals surface area contributed by atoms with Gasteiger partial charge in [-0.3, -0.25) is 4.79 Å².